The van der Waals surface area contributed by atoms with Crippen LogP contribution in [-0.4, -0.2) is 54.0 Å². The second kappa shape index (κ2) is 12.6. The van der Waals surface area contributed by atoms with Gasteiger partial charge in [-0.3, -0.25) is 4.90 Å². The number of carboxylic acid groups (broad SMARTS) is 1. The van der Waals surface area contributed by atoms with Crippen LogP contribution in [0.4, 0.5) is 14.5 Å². The Morgan fingerprint density at radius 3 is 2.53 bits per heavy atom. The van der Waals surface area contributed by atoms with E-state index in [0.717, 1.165) is 12.8 Å². The third-order valence-corrected chi connectivity index (χ3v) is 10.1. The van der Waals surface area contributed by atoms with Crippen LogP contribution in [0, 0.1) is 34.3 Å². The zero-order valence-electron chi connectivity index (χ0n) is 26.6. The van der Waals surface area contributed by atoms with E-state index >= 15 is 8.78 Å². The molecule has 0 bridgehead atoms. The quantitative estimate of drug-likeness (QED) is 0.208. The lowest BCUT2D eigenvalue weighted by Crippen LogP contribution is -2.47. The number of ether oxygens (including phenoxy) is 2. The third-order valence-electron chi connectivity index (χ3n) is 9.59. The molecule has 0 radical (unpaired) electrons. The van der Waals surface area contributed by atoms with E-state index in [9.17, 15) is 15.2 Å². The van der Waals surface area contributed by atoms with Gasteiger partial charge in [-0.25, -0.2) is 13.6 Å². The van der Waals surface area contributed by atoms with Crippen molar-refractivity contribution in [3.63, 3.8) is 0 Å². The first-order valence-electron chi connectivity index (χ1n) is 15.7. The summed E-state index contributed by atoms with van der Waals surface area (Å²) in [4.78, 5) is 13.9. The van der Waals surface area contributed by atoms with E-state index in [4.69, 9.17) is 32.7 Å². The average Bonchev–Trinajstić information content (AvgIpc) is 3.94. The van der Waals surface area contributed by atoms with Crippen molar-refractivity contribution in [1.29, 1.82) is 5.26 Å². The number of hydrogen-bond donors (Lipinski definition) is 2. The SMILES string of the molecule is COc1cc(NC2OC2C2C(c3cccc(Cl)c3F)C(C#N)(c3ccc(Cl)cc3F)C(CC(C)(C)C)N2CC2CC2)ccc1C(=O)O. The molecule has 0 amide bonds. The summed E-state index contributed by atoms with van der Waals surface area (Å²) in [7, 11) is 1.40. The predicted molar refractivity (Wildman–Crippen MR) is 176 cm³/mol. The zero-order chi connectivity index (χ0) is 33.8. The number of carbonyl (C=O) groups is 1. The third kappa shape index (κ3) is 6.29. The second-order valence-electron chi connectivity index (χ2n) is 14.0. The van der Waals surface area contributed by atoms with E-state index in [1.165, 1.54) is 25.3 Å². The van der Waals surface area contributed by atoms with Crippen LogP contribution in [-0.2, 0) is 10.2 Å². The number of benzene rings is 3. The Kier molecular flexibility index (Phi) is 8.94. The van der Waals surface area contributed by atoms with Gasteiger partial charge in [-0.2, -0.15) is 5.26 Å². The van der Waals surface area contributed by atoms with Crippen molar-refractivity contribution in [2.45, 2.75) is 75.8 Å². The maximum Gasteiger partial charge on any atom is 0.339 e. The van der Waals surface area contributed by atoms with Gasteiger partial charge in [0.25, 0.3) is 0 Å². The van der Waals surface area contributed by atoms with Gasteiger partial charge in [-0.15, -0.1) is 0 Å². The van der Waals surface area contributed by atoms with E-state index < -0.39 is 53.4 Å². The summed E-state index contributed by atoms with van der Waals surface area (Å²) in [5.74, 6) is -2.72. The summed E-state index contributed by atoms with van der Waals surface area (Å²) >= 11 is 12.6. The first-order valence-corrected chi connectivity index (χ1v) is 16.4. The topological polar surface area (TPSA) is 98.1 Å². The Morgan fingerprint density at radius 2 is 1.91 bits per heavy atom. The van der Waals surface area contributed by atoms with Crippen LogP contribution in [0.3, 0.4) is 0 Å². The van der Waals surface area contributed by atoms with Gasteiger partial charge in [0.2, 0.25) is 0 Å². The first-order chi connectivity index (χ1) is 22.3. The molecule has 1 saturated carbocycles. The minimum Gasteiger partial charge on any atom is -0.496 e. The van der Waals surface area contributed by atoms with E-state index in [-0.39, 0.29) is 37.9 Å². The number of hydrogen-bond acceptors (Lipinski definition) is 6. The summed E-state index contributed by atoms with van der Waals surface area (Å²) in [5.41, 5.74) is -0.867. The maximum absolute atomic E-state index is 16.3. The number of carboxylic acids is 1. The van der Waals surface area contributed by atoms with E-state index in [1.807, 2.05) is 0 Å². The normalized spacial score (nSPS) is 27.3. The number of aromatic carboxylic acids is 1. The van der Waals surface area contributed by atoms with Crippen LogP contribution in [0.1, 0.15) is 67.4 Å². The predicted octanol–water partition coefficient (Wildman–Crippen LogP) is 8.26. The number of nitrogens with zero attached hydrogens (tertiary/aromatic N) is 2. The highest BCUT2D eigenvalue weighted by atomic mass is 35.5. The fourth-order valence-corrected chi connectivity index (χ4v) is 7.75. The molecular formula is C36H37Cl2F2N3O4. The van der Waals surface area contributed by atoms with Crippen LogP contribution in [0.15, 0.2) is 54.6 Å². The number of halogens is 4. The van der Waals surface area contributed by atoms with E-state index in [2.05, 4.69) is 37.1 Å². The largest absolute Gasteiger partial charge is 0.496 e. The number of nitriles is 1. The van der Waals surface area contributed by atoms with Crippen molar-refractivity contribution in [2.75, 3.05) is 19.0 Å². The highest BCUT2D eigenvalue weighted by Crippen LogP contribution is 2.60. The smallest absolute Gasteiger partial charge is 0.339 e. The molecule has 3 aromatic carbocycles. The lowest BCUT2D eigenvalue weighted by atomic mass is 9.62. The van der Waals surface area contributed by atoms with Gasteiger partial charge in [-0.1, -0.05) is 62.2 Å². The van der Waals surface area contributed by atoms with Gasteiger partial charge in [0.05, 0.1) is 18.2 Å². The van der Waals surface area contributed by atoms with Crippen molar-refractivity contribution in [1.82, 2.24) is 4.90 Å². The molecule has 0 spiro atoms. The Labute approximate surface area is 283 Å². The van der Waals surface area contributed by atoms with Crippen LogP contribution in [0.5, 0.6) is 5.75 Å². The highest BCUT2D eigenvalue weighted by molar-refractivity contribution is 6.31. The number of anilines is 1. The fourth-order valence-electron chi connectivity index (χ4n) is 7.41. The minimum absolute atomic E-state index is 0.0167. The Morgan fingerprint density at radius 1 is 1.17 bits per heavy atom. The summed E-state index contributed by atoms with van der Waals surface area (Å²) in [5, 5.41) is 24.3. The first kappa shape index (κ1) is 33.5. The summed E-state index contributed by atoms with van der Waals surface area (Å²) in [6.07, 6.45) is 1.48. The molecule has 2 aliphatic heterocycles. The van der Waals surface area contributed by atoms with Crippen molar-refractivity contribution in [2.24, 2.45) is 11.3 Å². The maximum atomic E-state index is 16.3. The molecule has 3 fully saturated rings. The van der Waals surface area contributed by atoms with Crippen LogP contribution in [0.2, 0.25) is 10.0 Å². The summed E-state index contributed by atoms with van der Waals surface area (Å²) < 4.78 is 44.1. The van der Waals surface area contributed by atoms with Gasteiger partial charge >= 0.3 is 5.97 Å². The molecule has 11 heteroatoms. The van der Waals surface area contributed by atoms with E-state index in [1.54, 1.807) is 36.4 Å². The standard InChI is InChI=1S/C36H37Cl2F2N3O4/c1-35(2,3)16-28-36(18-41,24-13-10-20(37)14-26(24)39)29(23-6-5-7-25(38)30(23)40)31(43(28)17-19-8-9-19)32-33(47-32)42-21-11-12-22(34(44)45)27(15-21)46-4/h5-7,10-15,19,28-29,31-33,42H,8-9,16-17H2,1-4H3,(H,44,45). The number of likely N-dealkylation sites (tertiary alicyclic amines) is 1. The molecule has 3 aliphatic rings. The van der Waals surface area contributed by atoms with Crippen molar-refractivity contribution >= 4 is 34.9 Å². The van der Waals surface area contributed by atoms with Crippen molar-refractivity contribution in [3.05, 3.63) is 93.0 Å². The van der Waals surface area contributed by atoms with Crippen LogP contribution >= 0.6 is 23.2 Å². The number of epoxide rings is 1. The van der Waals surface area contributed by atoms with Gasteiger partial charge in [0.1, 0.15) is 34.5 Å². The Bertz CT molecular complexity index is 1740. The molecule has 1 aliphatic carbocycles. The van der Waals surface area contributed by atoms with Crippen molar-refractivity contribution in [3.8, 4) is 11.8 Å². The molecule has 6 rings (SSSR count). The average molecular weight is 685 g/mol. The number of rotatable bonds is 10. The minimum atomic E-state index is -1.55. The van der Waals surface area contributed by atoms with Crippen LogP contribution in [0.25, 0.3) is 0 Å². The molecular weight excluding hydrogens is 647 g/mol. The Balaban J connectivity index is 1.52. The van der Waals surface area contributed by atoms with Gasteiger partial charge in [0.15, 0.2) is 6.23 Å². The molecule has 6 unspecified atom stereocenters. The summed E-state index contributed by atoms with van der Waals surface area (Å²) in [6.45, 7) is 6.88. The molecule has 0 aromatic heterocycles. The molecule has 2 saturated heterocycles. The molecule has 3 aromatic rings. The number of nitrogens with one attached hydrogen (secondary N) is 1. The zero-order valence-corrected chi connectivity index (χ0v) is 28.1. The molecule has 7 nitrogen and oxygen atoms in total. The molecule has 47 heavy (non-hydrogen) atoms. The van der Waals surface area contributed by atoms with Crippen molar-refractivity contribution < 1.29 is 28.2 Å². The lowest BCUT2D eigenvalue weighted by Gasteiger charge is -2.39. The molecule has 6 atom stereocenters. The van der Waals surface area contributed by atoms with Gasteiger partial charge < -0.3 is 19.9 Å². The molecule has 2 N–H and O–H groups in total. The van der Waals surface area contributed by atoms with Gasteiger partial charge in [0, 0.05) is 46.9 Å². The Hall–Kier alpha value is -3.42. The highest BCUT2D eigenvalue weighted by Gasteiger charge is 2.68. The molecule has 2 heterocycles. The summed E-state index contributed by atoms with van der Waals surface area (Å²) in [6, 6.07) is 15.2. The lowest BCUT2D eigenvalue weighted by molar-refractivity contribution is 0.0693. The van der Waals surface area contributed by atoms with Gasteiger partial charge in [-0.05, 0) is 66.5 Å². The molecule has 248 valence electrons. The fraction of sp³-hybridized carbons (Fsp3) is 0.444. The number of methoxy groups -OCH3 is 1. The monoisotopic (exact) mass is 683 g/mol. The van der Waals surface area contributed by atoms with E-state index in [0.29, 0.717) is 24.6 Å². The van der Waals surface area contributed by atoms with Crippen LogP contribution < -0.4 is 10.1 Å². The second-order valence-corrected chi connectivity index (χ2v) is 14.9.